The quantitative estimate of drug-likeness (QED) is 0.270. The number of urea groups is 1. The van der Waals surface area contributed by atoms with Crippen LogP contribution in [0.15, 0.2) is 84.3 Å². The fraction of sp³-hybridized carbons (Fsp3) is 0.276. The second kappa shape index (κ2) is 13.0. The highest BCUT2D eigenvalue weighted by Crippen LogP contribution is 2.31. The molecule has 2 aromatic carbocycles. The lowest BCUT2D eigenvalue weighted by Crippen LogP contribution is -2.58. The van der Waals surface area contributed by atoms with Crippen molar-refractivity contribution in [2.75, 3.05) is 37.7 Å². The number of fused-ring (bicyclic) bond motifs is 1. The highest BCUT2D eigenvalue weighted by Gasteiger charge is 2.34. The number of anilines is 1. The molecule has 0 saturated carbocycles. The third kappa shape index (κ3) is 7.10. The minimum absolute atomic E-state index is 0.0298. The predicted octanol–water partition coefficient (Wildman–Crippen LogP) is 2.25. The van der Waals surface area contributed by atoms with E-state index in [-0.39, 0.29) is 61.1 Å². The zero-order valence-electron chi connectivity index (χ0n) is 23.8. The summed E-state index contributed by atoms with van der Waals surface area (Å²) in [5, 5.41) is 3.07. The molecule has 2 aliphatic rings. The molecule has 45 heavy (non-hydrogen) atoms. The number of amides is 3. The number of hydrogen-bond acceptors (Lipinski definition) is 10. The summed E-state index contributed by atoms with van der Waals surface area (Å²) in [7, 11) is -4.10. The van der Waals surface area contributed by atoms with Crippen LogP contribution in [0.5, 0.6) is 11.5 Å². The number of piperazine rings is 1. The third-order valence-corrected chi connectivity index (χ3v) is 8.79. The van der Waals surface area contributed by atoms with Gasteiger partial charge in [0.15, 0.2) is 11.5 Å². The summed E-state index contributed by atoms with van der Waals surface area (Å²) in [6, 6.07) is 15.1. The molecule has 6 rings (SSSR count). The first-order valence-electron chi connectivity index (χ1n) is 14.1. The molecule has 0 spiro atoms. The van der Waals surface area contributed by atoms with Crippen LogP contribution < -0.4 is 24.4 Å². The number of imidazole rings is 1. The van der Waals surface area contributed by atoms with Crippen LogP contribution in [0.1, 0.15) is 6.42 Å². The fourth-order valence-electron chi connectivity index (χ4n) is 5.07. The van der Waals surface area contributed by atoms with E-state index in [1.54, 1.807) is 47.3 Å². The van der Waals surface area contributed by atoms with Crippen molar-refractivity contribution in [1.29, 1.82) is 0 Å². The van der Waals surface area contributed by atoms with Crippen LogP contribution in [0, 0.1) is 0 Å². The molecule has 2 aromatic heterocycles. The van der Waals surface area contributed by atoms with Gasteiger partial charge in [0.2, 0.25) is 11.9 Å². The second-order valence-electron chi connectivity index (χ2n) is 10.3. The summed E-state index contributed by atoms with van der Waals surface area (Å²) in [4.78, 5) is 42.6. The number of benzene rings is 2. The lowest BCUT2D eigenvalue weighted by atomic mass is 10.1. The Hall–Kier alpha value is -4.89. The molecule has 0 radical (unpaired) electrons. The van der Waals surface area contributed by atoms with Gasteiger partial charge in [-0.25, -0.2) is 27.9 Å². The number of rotatable bonds is 8. The maximum atomic E-state index is 13.3. The van der Waals surface area contributed by atoms with Crippen molar-refractivity contribution in [1.82, 2.24) is 34.5 Å². The highest BCUT2D eigenvalue weighted by molar-refractivity contribution is 7.90. The summed E-state index contributed by atoms with van der Waals surface area (Å²) < 4.78 is 41.1. The smallest absolute Gasteiger partial charge is 0.331 e. The minimum atomic E-state index is -4.10. The molecule has 3 amide bonds. The summed E-state index contributed by atoms with van der Waals surface area (Å²) in [6.45, 7) is 0.894. The van der Waals surface area contributed by atoms with Crippen molar-refractivity contribution in [2.45, 2.75) is 23.5 Å². The number of aromatic nitrogens is 4. The van der Waals surface area contributed by atoms with E-state index in [2.05, 4.69) is 25.0 Å². The molecule has 1 saturated heterocycles. The minimum Gasteiger partial charge on any atom is -0.486 e. The number of hydrogen-bond donors (Lipinski definition) is 2. The van der Waals surface area contributed by atoms with E-state index >= 15 is 0 Å². The Morgan fingerprint density at radius 1 is 1.02 bits per heavy atom. The zero-order chi connectivity index (χ0) is 31.4. The van der Waals surface area contributed by atoms with Crippen molar-refractivity contribution in [3.8, 4) is 17.4 Å². The molecule has 2 unspecified atom stereocenters. The molecule has 4 aromatic rings. The van der Waals surface area contributed by atoms with Crippen molar-refractivity contribution < 1.29 is 27.5 Å². The average Bonchev–Trinajstić information content (AvgIpc) is 3.59. The van der Waals surface area contributed by atoms with Gasteiger partial charge in [0, 0.05) is 44.5 Å². The molecule has 0 aliphatic carbocycles. The van der Waals surface area contributed by atoms with Gasteiger partial charge < -0.3 is 24.6 Å². The molecular formula is C29H29ClN8O6S. The van der Waals surface area contributed by atoms with Crippen LogP contribution in [0.3, 0.4) is 0 Å². The number of ether oxygens (including phenoxy) is 2. The van der Waals surface area contributed by atoms with Crippen LogP contribution in [0.25, 0.3) is 5.95 Å². The zero-order valence-corrected chi connectivity index (χ0v) is 25.4. The maximum absolute atomic E-state index is 13.3. The van der Waals surface area contributed by atoms with Crippen molar-refractivity contribution >= 4 is 39.4 Å². The highest BCUT2D eigenvalue weighted by atomic mass is 35.5. The van der Waals surface area contributed by atoms with E-state index in [4.69, 9.17) is 21.1 Å². The molecule has 2 atom stereocenters. The molecule has 14 nitrogen and oxygen atoms in total. The van der Waals surface area contributed by atoms with Gasteiger partial charge in [0.25, 0.3) is 10.0 Å². The van der Waals surface area contributed by atoms with Crippen molar-refractivity contribution in [2.24, 2.45) is 0 Å². The van der Waals surface area contributed by atoms with Gasteiger partial charge in [-0.15, -0.1) is 0 Å². The number of halogens is 1. The summed E-state index contributed by atoms with van der Waals surface area (Å²) >= 11 is 6.36. The second-order valence-corrected chi connectivity index (χ2v) is 12.4. The van der Waals surface area contributed by atoms with Gasteiger partial charge >= 0.3 is 6.03 Å². The number of sulfonamides is 1. The largest absolute Gasteiger partial charge is 0.486 e. The normalized spacial score (nSPS) is 17.9. The lowest BCUT2D eigenvalue weighted by molar-refractivity contribution is -0.122. The Morgan fingerprint density at radius 2 is 1.80 bits per heavy atom. The SMILES string of the molecule is O=C(CC1CN(C(=O)NS(=O)(=O)c2ccccc2)CCN1c1cc(Cl)nc(-n2ccnc2)n1)NCC1COc2ccccc2O1. The van der Waals surface area contributed by atoms with Crippen molar-refractivity contribution in [3.05, 3.63) is 84.5 Å². The Labute approximate surface area is 264 Å². The first-order chi connectivity index (χ1) is 21.7. The first kappa shape index (κ1) is 30.1. The monoisotopic (exact) mass is 652 g/mol. The molecular weight excluding hydrogens is 624 g/mol. The standard InChI is InChI=1S/C29H29ClN8O6S/c30-25-15-26(34-28(33-25)37-11-10-31-19-37)38-13-12-36(29(40)35-45(41,42)22-6-2-1-3-7-22)17-20(38)14-27(39)32-16-21-18-43-23-8-4-5-9-24(23)44-21/h1-11,15,19-21H,12-14,16-18H2,(H,32,39)(H,35,40). The summed E-state index contributed by atoms with van der Waals surface area (Å²) in [6.07, 6.45) is 4.35. The van der Waals surface area contributed by atoms with E-state index in [1.165, 1.54) is 23.4 Å². The van der Waals surface area contributed by atoms with E-state index in [0.29, 0.717) is 17.3 Å². The van der Waals surface area contributed by atoms with Gasteiger partial charge in [0.05, 0.1) is 17.5 Å². The molecule has 0 bridgehead atoms. The van der Waals surface area contributed by atoms with Crippen LogP contribution in [-0.4, -0.2) is 89.7 Å². The van der Waals surface area contributed by atoms with Crippen LogP contribution >= 0.6 is 11.6 Å². The lowest BCUT2D eigenvalue weighted by Gasteiger charge is -2.41. The maximum Gasteiger partial charge on any atom is 0.331 e. The number of carbonyl (C=O) groups excluding carboxylic acids is 2. The number of para-hydroxylation sites is 2. The predicted molar refractivity (Wildman–Crippen MR) is 163 cm³/mol. The van der Waals surface area contributed by atoms with Gasteiger partial charge in [-0.3, -0.25) is 9.36 Å². The van der Waals surface area contributed by atoms with Crippen molar-refractivity contribution in [3.63, 3.8) is 0 Å². The number of carbonyl (C=O) groups is 2. The van der Waals surface area contributed by atoms with E-state index < -0.39 is 28.2 Å². The Kier molecular flexibility index (Phi) is 8.71. The first-order valence-corrected chi connectivity index (χ1v) is 15.9. The molecule has 2 aliphatic heterocycles. The summed E-state index contributed by atoms with van der Waals surface area (Å²) in [5.41, 5.74) is 0. The molecule has 2 N–H and O–H groups in total. The van der Waals surface area contributed by atoms with Gasteiger partial charge in [-0.1, -0.05) is 41.9 Å². The number of nitrogens with one attached hydrogen (secondary N) is 2. The Balaban J connectivity index is 1.18. The molecule has 234 valence electrons. The molecule has 1 fully saturated rings. The van der Waals surface area contributed by atoms with Gasteiger partial charge in [0.1, 0.15) is 30.0 Å². The Bertz CT molecular complexity index is 1780. The van der Waals surface area contributed by atoms with E-state index in [0.717, 1.165) is 0 Å². The third-order valence-electron chi connectivity index (χ3n) is 7.26. The molecule has 4 heterocycles. The summed E-state index contributed by atoms with van der Waals surface area (Å²) in [5.74, 6) is 1.66. The van der Waals surface area contributed by atoms with Crippen LogP contribution in [0.4, 0.5) is 10.6 Å². The molecule has 16 heteroatoms. The van der Waals surface area contributed by atoms with Crippen LogP contribution in [0.2, 0.25) is 5.15 Å². The van der Waals surface area contributed by atoms with Gasteiger partial charge in [-0.05, 0) is 24.3 Å². The fourth-order valence-corrected chi connectivity index (χ4v) is 6.23. The van der Waals surface area contributed by atoms with E-state index in [9.17, 15) is 18.0 Å². The topological polar surface area (TPSA) is 161 Å². The average molecular weight is 653 g/mol. The Morgan fingerprint density at radius 3 is 2.58 bits per heavy atom. The number of nitrogens with zero attached hydrogens (tertiary/aromatic N) is 6. The van der Waals surface area contributed by atoms with Gasteiger partial charge in [-0.2, -0.15) is 4.98 Å². The van der Waals surface area contributed by atoms with Crippen LogP contribution in [-0.2, 0) is 14.8 Å². The van der Waals surface area contributed by atoms with E-state index in [1.807, 2.05) is 23.1 Å².